The molecule has 29 heavy (non-hydrogen) atoms. The van der Waals surface area contributed by atoms with E-state index in [1.807, 2.05) is 43.9 Å². The van der Waals surface area contributed by atoms with E-state index < -0.39 is 0 Å². The third kappa shape index (κ3) is 5.73. The van der Waals surface area contributed by atoms with E-state index in [1.165, 1.54) is 0 Å². The molecule has 0 spiro atoms. The zero-order valence-electron chi connectivity index (χ0n) is 18.5. The van der Waals surface area contributed by atoms with Crippen molar-refractivity contribution in [3.63, 3.8) is 0 Å². The summed E-state index contributed by atoms with van der Waals surface area (Å²) in [6, 6.07) is 5.47. The number of amides is 1. The third-order valence-corrected chi connectivity index (χ3v) is 4.62. The van der Waals surface area contributed by atoms with E-state index in [-0.39, 0.29) is 11.3 Å². The minimum absolute atomic E-state index is 0.0767. The van der Waals surface area contributed by atoms with Crippen LogP contribution in [0.2, 0.25) is 5.02 Å². The highest BCUT2D eigenvalue weighted by atomic mass is 35.5. The van der Waals surface area contributed by atoms with Gasteiger partial charge in [0.15, 0.2) is 11.6 Å². The second-order valence-electron chi connectivity index (χ2n) is 8.55. The molecule has 8 heteroatoms. The predicted octanol–water partition coefficient (Wildman–Crippen LogP) is 4.09. The largest absolute Gasteiger partial charge is 0.358 e. The molecule has 0 radical (unpaired) electrons. The lowest BCUT2D eigenvalue weighted by Crippen LogP contribution is -2.30. The van der Waals surface area contributed by atoms with Gasteiger partial charge in [-0.15, -0.1) is 0 Å². The molecule has 0 atom stereocenters. The predicted molar refractivity (Wildman–Crippen MR) is 122 cm³/mol. The molecular formula is C21H31ClN6O. The van der Waals surface area contributed by atoms with E-state index in [0.29, 0.717) is 28.2 Å². The molecule has 0 saturated carbocycles. The maximum Gasteiger partial charge on any atom is 0.251 e. The molecule has 1 heterocycles. The number of hydrogen-bond donors (Lipinski definition) is 2. The van der Waals surface area contributed by atoms with Gasteiger partial charge in [-0.2, -0.15) is 9.97 Å². The van der Waals surface area contributed by atoms with Crippen molar-refractivity contribution in [1.29, 1.82) is 0 Å². The first-order valence-electron chi connectivity index (χ1n) is 9.48. The molecule has 2 aromatic rings. The van der Waals surface area contributed by atoms with Crippen LogP contribution >= 0.6 is 11.6 Å². The first-order valence-corrected chi connectivity index (χ1v) is 9.86. The number of carbonyl (C=O) groups excluding carboxylic acids is 1. The number of nitrogens with zero attached hydrogens (tertiary/aromatic N) is 4. The Morgan fingerprint density at radius 3 is 2.38 bits per heavy atom. The molecule has 0 saturated heterocycles. The maximum atomic E-state index is 12.0. The van der Waals surface area contributed by atoms with Gasteiger partial charge in [0.25, 0.3) is 5.91 Å². The van der Waals surface area contributed by atoms with E-state index in [4.69, 9.17) is 11.6 Å². The van der Waals surface area contributed by atoms with E-state index in [0.717, 1.165) is 17.8 Å². The summed E-state index contributed by atoms with van der Waals surface area (Å²) < 4.78 is 0. The van der Waals surface area contributed by atoms with Crippen molar-refractivity contribution in [2.75, 3.05) is 49.9 Å². The first-order chi connectivity index (χ1) is 13.4. The van der Waals surface area contributed by atoms with Crippen LogP contribution in [0.25, 0.3) is 0 Å². The quantitative estimate of drug-likeness (QED) is 0.736. The van der Waals surface area contributed by atoms with Gasteiger partial charge < -0.3 is 20.4 Å². The number of rotatable bonds is 6. The van der Waals surface area contributed by atoms with Crippen LogP contribution in [0, 0.1) is 12.3 Å². The second kappa shape index (κ2) is 8.86. The minimum Gasteiger partial charge on any atom is -0.358 e. The van der Waals surface area contributed by atoms with Crippen molar-refractivity contribution >= 4 is 40.8 Å². The van der Waals surface area contributed by atoms with Crippen LogP contribution < -0.4 is 20.4 Å². The van der Waals surface area contributed by atoms with Crippen LogP contribution in [0.1, 0.15) is 36.7 Å². The Morgan fingerprint density at radius 1 is 1.17 bits per heavy atom. The average molecular weight is 419 g/mol. The van der Waals surface area contributed by atoms with Gasteiger partial charge in [-0.05, 0) is 30.0 Å². The molecule has 0 aliphatic rings. The van der Waals surface area contributed by atoms with Crippen LogP contribution in [-0.2, 0) is 0 Å². The molecule has 0 aliphatic heterocycles. The molecule has 1 aromatic carbocycles. The fraction of sp³-hybridized carbons (Fsp3) is 0.476. The van der Waals surface area contributed by atoms with Gasteiger partial charge in [0.05, 0.1) is 0 Å². The summed E-state index contributed by atoms with van der Waals surface area (Å²) in [5.74, 6) is 1.55. The summed E-state index contributed by atoms with van der Waals surface area (Å²) in [6.45, 7) is 9.24. The van der Waals surface area contributed by atoms with Crippen LogP contribution in [0.3, 0.4) is 0 Å². The topological polar surface area (TPSA) is 73.4 Å². The smallest absolute Gasteiger partial charge is 0.251 e. The van der Waals surface area contributed by atoms with E-state index in [1.54, 1.807) is 19.2 Å². The van der Waals surface area contributed by atoms with Crippen molar-refractivity contribution in [1.82, 2.24) is 15.3 Å². The second-order valence-corrected chi connectivity index (χ2v) is 8.93. The molecular weight excluding hydrogens is 388 g/mol. The molecule has 0 fully saturated rings. The highest BCUT2D eigenvalue weighted by molar-refractivity contribution is 6.35. The normalized spacial score (nSPS) is 11.2. The highest BCUT2D eigenvalue weighted by Crippen LogP contribution is 2.35. The van der Waals surface area contributed by atoms with Gasteiger partial charge in [-0.25, -0.2) is 0 Å². The van der Waals surface area contributed by atoms with Crippen LogP contribution in [0.5, 0.6) is 0 Å². The zero-order chi connectivity index (χ0) is 21.9. The summed E-state index contributed by atoms with van der Waals surface area (Å²) in [7, 11) is 7.35. The lowest BCUT2D eigenvalue weighted by molar-refractivity contribution is 0.0963. The van der Waals surface area contributed by atoms with Crippen molar-refractivity contribution < 1.29 is 4.79 Å². The van der Waals surface area contributed by atoms with Gasteiger partial charge in [0, 0.05) is 46.0 Å². The third-order valence-electron chi connectivity index (χ3n) is 4.27. The number of anilines is 4. The molecule has 2 rings (SSSR count). The monoisotopic (exact) mass is 418 g/mol. The van der Waals surface area contributed by atoms with E-state index in [2.05, 4.69) is 41.4 Å². The number of carbonyl (C=O) groups is 1. The molecule has 0 aliphatic carbocycles. The van der Waals surface area contributed by atoms with Crippen molar-refractivity contribution in [3.05, 3.63) is 34.3 Å². The number of benzene rings is 1. The maximum absolute atomic E-state index is 12.0. The molecule has 7 nitrogen and oxygen atoms in total. The summed E-state index contributed by atoms with van der Waals surface area (Å²) in [5, 5.41) is 6.38. The summed E-state index contributed by atoms with van der Waals surface area (Å²) in [5.41, 5.74) is 2.38. The number of hydrogen-bond acceptors (Lipinski definition) is 6. The van der Waals surface area contributed by atoms with E-state index >= 15 is 0 Å². The lowest BCUT2D eigenvalue weighted by atomic mass is 9.96. The molecule has 0 unspecified atom stereocenters. The summed E-state index contributed by atoms with van der Waals surface area (Å²) >= 11 is 6.71. The van der Waals surface area contributed by atoms with Crippen LogP contribution in [0.15, 0.2) is 18.2 Å². The zero-order valence-corrected chi connectivity index (χ0v) is 19.3. The molecule has 1 amide bonds. The Hall–Kier alpha value is -2.54. The van der Waals surface area contributed by atoms with Gasteiger partial charge in [0.2, 0.25) is 5.95 Å². The van der Waals surface area contributed by atoms with Crippen LogP contribution in [0.4, 0.5) is 23.3 Å². The van der Waals surface area contributed by atoms with Gasteiger partial charge >= 0.3 is 0 Å². The van der Waals surface area contributed by atoms with Crippen LogP contribution in [-0.4, -0.2) is 50.6 Å². The lowest BCUT2D eigenvalue weighted by Gasteiger charge is -2.29. The molecule has 158 valence electrons. The molecule has 2 N–H and O–H groups in total. The first kappa shape index (κ1) is 22.7. The van der Waals surface area contributed by atoms with Gasteiger partial charge in [-0.1, -0.05) is 38.4 Å². The van der Waals surface area contributed by atoms with Crippen molar-refractivity contribution in [2.45, 2.75) is 27.7 Å². The Kier molecular flexibility index (Phi) is 6.95. The Bertz CT molecular complexity index is 891. The fourth-order valence-corrected chi connectivity index (χ4v) is 3.19. The highest BCUT2D eigenvalue weighted by Gasteiger charge is 2.21. The standard InChI is InChI=1S/C21H31ClN6O/c1-13-9-10-14(19(29)23-5)11-15(13)24-17-16(22)18(26-20(25-17)27(6)7)28(8)12-21(2,3)4/h9-11H,12H2,1-8H3,(H,23,29)(H,24,25,26). The molecule has 1 aromatic heterocycles. The Balaban J connectivity index is 2.51. The van der Waals surface area contributed by atoms with Gasteiger partial charge in [-0.3, -0.25) is 4.79 Å². The minimum atomic E-state index is -0.151. The summed E-state index contributed by atoms with van der Waals surface area (Å²) in [4.78, 5) is 25.1. The van der Waals surface area contributed by atoms with E-state index in [9.17, 15) is 4.79 Å². The molecule has 0 bridgehead atoms. The fourth-order valence-electron chi connectivity index (χ4n) is 2.92. The SMILES string of the molecule is CNC(=O)c1ccc(C)c(Nc2nc(N(C)C)nc(N(C)CC(C)(C)C)c2Cl)c1. The number of aromatic nitrogens is 2. The van der Waals surface area contributed by atoms with Crippen molar-refractivity contribution in [3.8, 4) is 0 Å². The average Bonchev–Trinajstić information content (AvgIpc) is 2.62. The van der Waals surface area contributed by atoms with Gasteiger partial charge in [0.1, 0.15) is 5.02 Å². The number of halogens is 1. The Morgan fingerprint density at radius 2 is 1.83 bits per heavy atom. The Labute approximate surface area is 178 Å². The summed E-state index contributed by atoms with van der Waals surface area (Å²) in [6.07, 6.45) is 0. The van der Waals surface area contributed by atoms with Crippen molar-refractivity contribution in [2.24, 2.45) is 5.41 Å². The number of nitrogens with one attached hydrogen (secondary N) is 2. The number of aryl methyl sites for hydroxylation is 1.